The SMILES string of the molecule is O=C(O)C=Cc1ccc(NC(=O)c2ccccc2)c(F)c1. The van der Waals surface area contributed by atoms with Crippen LogP contribution in [0.15, 0.2) is 54.6 Å². The molecule has 0 unspecified atom stereocenters. The lowest BCUT2D eigenvalue weighted by Crippen LogP contribution is -2.12. The quantitative estimate of drug-likeness (QED) is 0.848. The van der Waals surface area contributed by atoms with Crippen LogP contribution in [0.25, 0.3) is 6.08 Å². The first-order chi connectivity index (χ1) is 10.1. The van der Waals surface area contributed by atoms with Gasteiger partial charge in [0, 0.05) is 11.6 Å². The van der Waals surface area contributed by atoms with Gasteiger partial charge in [-0.25, -0.2) is 9.18 Å². The number of benzene rings is 2. The highest BCUT2D eigenvalue weighted by molar-refractivity contribution is 6.04. The lowest BCUT2D eigenvalue weighted by Gasteiger charge is -2.07. The van der Waals surface area contributed by atoms with Crippen molar-refractivity contribution in [2.24, 2.45) is 0 Å². The highest BCUT2D eigenvalue weighted by Gasteiger charge is 2.09. The van der Waals surface area contributed by atoms with E-state index in [1.54, 1.807) is 30.3 Å². The number of rotatable bonds is 4. The molecule has 0 atom stereocenters. The third-order valence-corrected chi connectivity index (χ3v) is 2.70. The van der Waals surface area contributed by atoms with Crippen molar-refractivity contribution in [3.63, 3.8) is 0 Å². The number of halogens is 1. The summed E-state index contributed by atoms with van der Waals surface area (Å²) in [6, 6.07) is 12.5. The van der Waals surface area contributed by atoms with Crippen LogP contribution in [0.2, 0.25) is 0 Å². The molecule has 0 aliphatic heterocycles. The Bertz CT molecular complexity index is 696. The molecule has 106 valence electrons. The molecule has 2 aromatic carbocycles. The van der Waals surface area contributed by atoms with Crippen molar-refractivity contribution in [2.45, 2.75) is 0 Å². The van der Waals surface area contributed by atoms with Crippen LogP contribution < -0.4 is 5.32 Å². The molecule has 0 spiro atoms. The Kier molecular flexibility index (Phi) is 4.46. The molecule has 5 heteroatoms. The van der Waals surface area contributed by atoms with Crippen molar-refractivity contribution in [3.8, 4) is 0 Å². The molecule has 0 saturated carbocycles. The van der Waals surface area contributed by atoms with Gasteiger partial charge in [-0.15, -0.1) is 0 Å². The van der Waals surface area contributed by atoms with Gasteiger partial charge in [-0.05, 0) is 35.9 Å². The zero-order valence-corrected chi connectivity index (χ0v) is 10.9. The molecule has 0 aliphatic carbocycles. The minimum atomic E-state index is -1.11. The fraction of sp³-hybridized carbons (Fsp3) is 0. The minimum absolute atomic E-state index is 0.0383. The highest BCUT2D eigenvalue weighted by atomic mass is 19.1. The van der Waals surface area contributed by atoms with Gasteiger partial charge in [0.1, 0.15) is 5.82 Å². The minimum Gasteiger partial charge on any atom is -0.478 e. The average molecular weight is 285 g/mol. The monoisotopic (exact) mass is 285 g/mol. The Morgan fingerprint density at radius 3 is 2.43 bits per heavy atom. The second kappa shape index (κ2) is 6.47. The zero-order chi connectivity index (χ0) is 15.2. The lowest BCUT2D eigenvalue weighted by atomic mass is 10.1. The van der Waals surface area contributed by atoms with E-state index >= 15 is 0 Å². The zero-order valence-electron chi connectivity index (χ0n) is 10.9. The third kappa shape index (κ3) is 4.01. The fourth-order valence-electron chi connectivity index (χ4n) is 1.69. The number of amides is 1. The first kappa shape index (κ1) is 14.5. The van der Waals surface area contributed by atoms with Crippen LogP contribution in [0, 0.1) is 5.82 Å². The van der Waals surface area contributed by atoms with E-state index in [0.29, 0.717) is 11.1 Å². The van der Waals surface area contributed by atoms with E-state index in [1.807, 2.05) is 0 Å². The smallest absolute Gasteiger partial charge is 0.328 e. The van der Waals surface area contributed by atoms with Crippen LogP contribution in [0.3, 0.4) is 0 Å². The molecule has 2 rings (SSSR count). The number of hydrogen-bond donors (Lipinski definition) is 2. The Morgan fingerprint density at radius 1 is 1.10 bits per heavy atom. The van der Waals surface area contributed by atoms with Gasteiger partial charge in [0.05, 0.1) is 5.69 Å². The standard InChI is InChI=1S/C16H12FNO3/c17-13-10-11(7-9-15(19)20)6-8-14(13)18-16(21)12-4-2-1-3-5-12/h1-10H,(H,18,21)(H,19,20). The number of carbonyl (C=O) groups excluding carboxylic acids is 1. The van der Waals surface area contributed by atoms with Crippen molar-refractivity contribution < 1.29 is 19.1 Å². The van der Waals surface area contributed by atoms with E-state index in [4.69, 9.17) is 5.11 Å². The van der Waals surface area contributed by atoms with Crippen molar-refractivity contribution in [2.75, 3.05) is 5.32 Å². The molecule has 1 amide bonds. The maximum Gasteiger partial charge on any atom is 0.328 e. The molecule has 0 radical (unpaired) electrons. The van der Waals surface area contributed by atoms with E-state index in [-0.39, 0.29) is 5.69 Å². The summed E-state index contributed by atoms with van der Waals surface area (Å²) in [5.41, 5.74) is 0.857. The number of carbonyl (C=O) groups is 2. The average Bonchev–Trinajstić information content (AvgIpc) is 2.48. The number of anilines is 1. The molecule has 0 saturated heterocycles. The number of carboxylic acids is 1. The van der Waals surface area contributed by atoms with Gasteiger partial charge < -0.3 is 10.4 Å². The molecule has 0 aliphatic rings. The second-order valence-electron chi connectivity index (χ2n) is 4.23. The van der Waals surface area contributed by atoms with Gasteiger partial charge in [-0.2, -0.15) is 0 Å². The summed E-state index contributed by atoms with van der Waals surface area (Å²) in [6.07, 6.45) is 2.19. The molecular weight excluding hydrogens is 273 g/mol. The molecule has 0 heterocycles. The lowest BCUT2D eigenvalue weighted by molar-refractivity contribution is -0.131. The van der Waals surface area contributed by atoms with Crippen molar-refractivity contribution in [3.05, 3.63) is 71.6 Å². The fourth-order valence-corrected chi connectivity index (χ4v) is 1.69. The molecule has 0 bridgehead atoms. The van der Waals surface area contributed by atoms with Gasteiger partial charge >= 0.3 is 5.97 Å². The van der Waals surface area contributed by atoms with Crippen LogP contribution in [0.5, 0.6) is 0 Å². The Hall–Kier alpha value is -2.95. The largest absolute Gasteiger partial charge is 0.478 e. The van der Waals surface area contributed by atoms with E-state index in [1.165, 1.54) is 18.2 Å². The number of aliphatic carboxylic acids is 1. The summed E-state index contributed by atoms with van der Waals surface area (Å²) in [5.74, 6) is -2.16. The normalized spacial score (nSPS) is 10.5. The number of hydrogen-bond acceptors (Lipinski definition) is 2. The maximum absolute atomic E-state index is 13.9. The summed E-state index contributed by atoms with van der Waals surface area (Å²) in [5, 5.41) is 11.0. The predicted octanol–water partition coefficient (Wildman–Crippen LogP) is 3.18. The van der Waals surface area contributed by atoms with Crippen LogP contribution >= 0.6 is 0 Å². The first-order valence-electron chi connectivity index (χ1n) is 6.13. The topological polar surface area (TPSA) is 66.4 Å². The van der Waals surface area contributed by atoms with E-state index in [0.717, 1.165) is 12.1 Å². The predicted molar refractivity (Wildman–Crippen MR) is 77.5 cm³/mol. The van der Waals surface area contributed by atoms with Crippen LogP contribution in [0.4, 0.5) is 10.1 Å². The molecule has 4 nitrogen and oxygen atoms in total. The Morgan fingerprint density at radius 2 is 1.81 bits per heavy atom. The summed E-state index contributed by atoms with van der Waals surface area (Å²) >= 11 is 0. The summed E-state index contributed by atoms with van der Waals surface area (Å²) in [4.78, 5) is 22.3. The van der Waals surface area contributed by atoms with E-state index in [2.05, 4.69) is 5.32 Å². The van der Waals surface area contributed by atoms with Gasteiger partial charge in [-0.3, -0.25) is 4.79 Å². The maximum atomic E-state index is 13.9. The molecule has 2 aromatic rings. The Labute approximate surface area is 120 Å². The van der Waals surface area contributed by atoms with E-state index < -0.39 is 17.7 Å². The van der Waals surface area contributed by atoms with Gasteiger partial charge in [0.15, 0.2) is 0 Å². The molecule has 21 heavy (non-hydrogen) atoms. The number of carboxylic acid groups (broad SMARTS) is 1. The molecule has 0 aromatic heterocycles. The number of nitrogens with one attached hydrogen (secondary N) is 1. The van der Waals surface area contributed by atoms with Crippen molar-refractivity contribution in [1.82, 2.24) is 0 Å². The molecule has 2 N–H and O–H groups in total. The van der Waals surface area contributed by atoms with Crippen molar-refractivity contribution >= 4 is 23.6 Å². The molecule has 0 fully saturated rings. The van der Waals surface area contributed by atoms with E-state index in [9.17, 15) is 14.0 Å². The van der Waals surface area contributed by atoms with Crippen molar-refractivity contribution in [1.29, 1.82) is 0 Å². The van der Waals surface area contributed by atoms with Crippen LogP contribution in [-0.2, 0) is 4.79 Å². The van der Waals surface area contributed by atoms with Gasteiger partial charge in [0.2, 0.25) is 0 Å². The van der Waals surface area contributed by atoms with Crippen LogP contribution in [-0.4, -0.2) is 17.0 Å². The second-order valence-corrected chi connectivity index (χ2v) is 4.23. The molecular formula is C16H12FNO3. The van der Waals surface area contributed by atoms with Gasteiger partial charge in [0.25, 0.3) is 5.91 Å². The summed E-state index contributed by atoms with van der Waals surface area (Å²) < 4.78 is 13.9. The first-order valence-corrected chi connectivity index (χ1v) is 6.13. The van der Waals surface area contributed by atoms with Crippen LogP contribution in [0.1, 0.15) is 15.9 Å². The Balaban J connectivity index is 2.15. The summed E-state index contributed by atoms with van der Waals surface area (Å²) in [6.45, 7) is 0. The van der Waals surface area contributed by atoms with Gasteiger partial charge in [-0.1, -0.05) is 24.3 Å². The summed E-state index contributed by atoms with van der Waals surface area (Å²) in [7, 11) is 0. The third-order valence-electron chi connectivity index (χ3n) is 2.70. The highest BCUT2D eigenvalue weighted by Crippen LogP contribution is 2.17.